The van der Waals surface area contributed by atoms with Gasteiger partial charge in [-0.05, 0) is 35.4 Å². The van der Waals surface area contributed by atoms with E-state index in [1.165, 1.54) is 36.4 Å². The number of aromatic hydroxyl groups is 1. The highest BCUT2D eigenvalue weighted by Crippen LogP contribution is 2.31. The van der Waals surface area contributed by atoms with Crippen molar-refractivity contribution in [3.05, 3.63) is 65.2 Å². The molecule has 0 bridgehead atoms. The molecule has 0 heterocycles. The Labute approximate surface area is 107 Å². The molecule has 0 radical (unpaired) electrons. The normalized spacial score (nSPS) is 13.3. The van der Waals surface area contributed by atoms with E-state index >= 15 is 0 Å². The topological polar surface area (TPSA) is 40.5 Å². The number of hydrogen-bond donors (Lipinski definition) is 2. The molecule has 0 amide bonds. The van der Waals surface area contributed by atoms with Gasteiger partial charge in [0, 0.05) is 0 Å². The third-order valence-electron chi connectivity index (χ3n) is 2.76. The molecule has 2 aromatic carbocycles. The zero-order valence-corrected chi connectivity index (χ0v) is 9.72. The molecule has 2 aromatic rings. The van der Waals surface area contributed by atoms with Gasteiger partial charge in [0.05, 0.1) is 5.56 Å². The Bertz CT molecular complexity index is 544. The van der Waals surface area contributed by atoms with Crippen molar-refractivity contribution in [1.82, 2.24) is 0 Å². The van der Waals surface area contributed by atoms with Gasteiger partial charge >= 0.3 is 6.18 Å². The maximum absolute atomic E-state index is 12.4. The summed E-state index contributed by atoms with van der Waals surface area (Å²) in [6, 6.07) is 10.2. The smallest absolute Gasteiger partial charge is 0.416 e. The third kappa shape index (κ3) is 3.06. The summed E-state index contributed by atoms with van der Waals surface area (Å²) in [4.78, 5) is 0. The van der Waals surface area contributed by atoms with E-state index in [1.54, 1.807) is 0 Å². The van der Waals surface area contributed by atoms with E-state index < -0.39 is 17.8 Å². The van der Waals surface area contributed by atoms with Crippen LogP contribution >= 0.6 is 0 Å². The second-order valence-corrected chi connectivity index (χ2v) is 4.11. The maximum atomic E-state index is 12.4. The van der Waals surface area contributed by atoms with Crippen LogP contribution in [0, 0.1) is 0 Å². The minimum atomic E-state index is -4.39. The zero-order valence-electron chi connectivity index (χ0n) is 9.72. The summed E-state index contributed by atoms with van der Waals surface area (Å²) in [6.45, 7) is 0. The van der Waals surface area contributed by atoms with Crippen molar-refractivity contribution in [3.63, 3.8) is 0 Å². The Morgan fingerprint density at radius 1 is 0.789 bits per heavy atom. The average Bonchev–Trinajstić information content (AvgIpc) is 2.38. The summed E-state index contributed by atoms with van der Waals surface area (Å²) in [6.07, 6.45) is -5.41. The molecule has 2 N–H and O–H groups in total. The minimum Gasteiger partial charge on any atom is -0.508 e. The lowest BCUT2D eigenvalue weighted by Gasteiger charge is -2.13. The number of hydrogen-bond acceptors (Lipinski definition) is 2. The van der Waals surface area contributed by atoms with Gasteiger partial charge < -0.3 is 10.2 Å². The number of alkyl halides is 3. The highest BCUT2D eigenvalue weighted by molar-refractivity contribution is 5.35. The van der Waals surface area contributed by atoms with Crippen LogP contribution in [0.15, 0.2) is 48.5 Å². The van der Waals surface area contributed by atoms with Gasteiger partial charge in [-0.3, -0.25) is 0 Å². The number of rotatable bonds is 2. The first kappa shape index (κ1) is 13.4. The predicted molar refractivity (Wildman–Crippen MR) is 63.6 cm³/mol. The van der Waals surface area contributed by atoms with Gasteiger partial charge in [0.25, 0.3) is 0 Å². The molecule has 0 spiro atoms. The summed E-state index contributed by atoms with van der Waals surface area (Å²) in [5.41, 5.74) is 0.102. The average molecular weight is 268 g/mol. The molecule has 0 saturated carbocycles. The number of aliphatic hydroxyl groups is 1. The van der Waals surface area contributed by atoms with Gasteiger partial charge in [0.2, 0.25) is 0 Å². The molecule has 0 aliphatic heterocycles. The van der Waals surface area contributed by atoms with Crippen molar-refractivity contribution in [2.24, 2.45) is 0 Å². The number of halogens is 3. The van der Waals surface area contributed by atoms with Gasteiger partial charge in [-0.2, -0.15) is 13.2 Å². The molecule has 0 saturated heterocycles. The van der Waals surface area contributed by atoms with E-state index in [2.05, 4.69) is 0 Å². The molecule has 0 aliphatic carbocycles. The highest BCUT2D eigenvalue weighted by atomic mass is 19.4. The highest BCUT2D eigenvalue weighted by Gasteiger charge is 2.30. The minimum absolute atomic E-state index is 0.0587. The Balaban J connectivity index is 2.25. The van der Waals surface area contributed by atoms with Crippen LogP contribution in [0.3, 0.4) is 0 Å². The first-order valence-corrected chi connectivity index (χ1v) is 5.52. The molecule has 0 aromatic heterocycles. The fourth-order valence-electron chi connectivity index (χ4n) is 1.70. The molecule has 1 unspecified atom stereocenters. The summed E-state index contributed by atoms with van der Waals surface area (Å²) in [5, 5.41) is 19.1. The molecule has 0 fully saturated rings. The molecule has 1 atom stereocenters. The predicted octanol–water partition coefficient (Wildman–Crippen LogP) is 3.49. The SMILES string of the molecule is Oc1ccc(C(O)c2ccc(C(F)(F)F)cc2)cc1. The van der Waals surface area contributed by atoms with Gasteiger partial charge in [-0.25, -0.2) is 0 Å². The molecule has 0 aliphatic rings. The number of aliphatic hydroxyl groups excluding tert-OH is 1. The fourth-order valence-corrected chi connectivity index (χ4v) is 1.70. The first-order valence-electron chi connectivity index (χ1n) is 5.52. The monoisotopic (exact) mass is 268 g/mol. The molecular weight excluding hydrogens is 257 g/mol. The summed E-state index contributed by atoms with van der Waals surface area (Å²) in [5.74, 6) is 0.0587. The zero-order chi connectivity index (χ0) is 14.0. The number of phenols is 1. The van der Waals surface area contributed by atoms with Crippen molar-refractivity contribution in [2.45, 2.75) is 12.3 Å². The van der Waals surface area contributed by atoms with E-state index in [0.29, 0.717) is 11.1 Å². The molecule has 2 rings (SSSR count). The van der Waals surface area contributed by atoms with E-state index in [4.69, 9.17) is 5.11 Å². The van der Waals surface area contributed by atoms with Crippen molar-refractivity contribution in [1.29, 1.82) is 0 Å². The Kier molecular flexibility index (Phi) is 3.48. The molecule has 2 nitrogen and oxygen atoms in total. The van der Waals surface area contributed by atoms with E-state index in [-0.39, 0.29) is 5.75 Å². The first-order chi connectivity index (χ1) is 8.88. The summed E-state index contributed by atoms with van der Waals surface area (Å²) < 4.78 is 37.2. The lowest BCUT2D eigenvalue weighted by Crippen LogP contribution is -2.06. The summed E-state index contributed by atoms with van der Waals surface area (Å²) in [7, 11) is 0. The van der Waals surface area contributed by atoms with Crippen molar-refractivity contribution in [3.8, 4) is 5.75 Å². The molecule has 100 valence electrons. The van der Waals surface area contributed by atoms with Crippen LogP contribution in [0.1, 0.15) is 22.8 Å². The fraction of sp³-hybridized carbons (Fsp3) is 0.143. The summed E-state index contributed by atoms with van der Waals surface area (Å²) >= 11 is 0. The van der Waals surface area contributed by atoms with Crippen LogP contribution in [0.25, 0.3) is 0 Å². The molecule has 5 heteroatoms. The van der Waals surface area contributed by atoms with Crippen LogP contribution in [0.4, 0.5) is 13.2 Å². The third-order valence-corrected chi connectivity index (χ3v) is 2.76. The Morgan fingerprint density at radius 2 is 1.21 bits per heavy atom. The number of phenolic OH excluding ortho intramolecular Hbond substituents is 1. The van der Waals surface area contributed by atoms with Crippen molar-refractivity contribution in [2.75, 3.05) is 0 Å². The van der Waals surface area contributed by atoms with E-state index in [1.807, 2.05) is 0 Å². The second-order valence-electron chi connectivity index (χ2n) is 4.11. The second kappa shape index (κ2) is 4.93. The lowest BCUT2D eigenvalue weighted by molar-refractivity contribution is -0.137. The standard InChI is InChI=1S/C14H11F3O2/c15-14(16,17)11-5-1-9(2-6-11)13(19)10-3-7-12(18)8-4-10/h1-8,13,18-19H. The van der Waals surface area contributed by atoms with Gasteiger partial charge in [0.15, 0.2) is 0 Å². The molecular formula is C14H11F3O2. The van der Waals surface area contributed by atoms with Gasteiger partial charge in [0.1, 0.15) is 11.9 Å². The Hall–Kier alpha value is -2.01. The quantitative estimate of drug-likeness (QED) is 0.875. The lowest BCUT2D eigenvalue weighted by atomic mass is 10.0. The van der Waals surface area contributed by atoms with E-state index in [0.717, 1.165) is 12.1 Å². The van der Waals surface area contributed by atoms with Crippen LogP contribution in [0.5, 0.6) is 5.75 Å². The van der Waals surface area contributed by atoms with Crippen molar-refractivity contribution < 1.29 is 23.4 Å². The van der Waals surface area contributed by atoms with Gasteiger partial charge in [-0.15, -0.1) is 0 Å². The molecule has 19 heavy (non-hydrogen) atoms. The van der Waals surface area contributed by atoms with Crippen molar-refractivity contribution >= 4 is 0 Å². The van der Waals surface area contributed by atoms with Gasteiger partial charge in [-0.1, -0.05) is 24.3 Å². The van der Waals surface area contributed by atoms with Crippen LogP contribution < -0.4 is 0 Å². The van der Waals surface area contributed by atoms with Crippen LogP contribution in [-0.2, 0) is 6.18 Å². The van der Waals surface area contributed by atoms with Crippen LogP contribution in [-0.4, -0.2) is 10.2 Å². The number of benzene rings is 2. The largest absolute Gasteiger partial charge is 0.508 e. The Morgan fingerprint density at radius 3 is 1.63 bits per heavy atom. The van der Waals surface area contributed by atoms with Crippen LogP contribution in [0.2, 0.25) is 0 Å². The maximum Gasteiger partial charge on any atom is 0.416 e. The van der Waals surface area contributed by atoms with E-state index in [9.17, 15) is 18.3 Å².